The predicted octanol–water partition coefficient (Wildman–Crippen LogP) is 2.62. The first kappa shape index (κ1) is 13.4. The van der Waals surface area contributed by atoms with Gasteiger partial charge in [-0.25, -0.2) is 0 Å². The van der Waals surface area contributed by atoms with Crippen molar-refractivity contribution in [2.24, 2.45) is 0 Å². The number of nitrogens with one attached hydrogen (secondary N) is 1. The van der Waals surface area contributed by atoms with E-state index in [1.165, 1.54) is 25.7 Å². The number of nitro groups is 1. The van der Waals surface area contributed by atoms with E-state index in [1.807, 2.05) is 26.1 Å². The van der Waals surface area contributed by atoms with E-state index in [0.717, 1.165) is 11.3 Å². The molecule has 3 rings (SSSR count). The molecule has 2 heterocycles. The summed E-state index contributed by atoms with van der Waals surface area (Å²) in [5.74, 6) is 0. The molecule has 0 aliphatic carbocycles. The first-order valence-electron chi connectivity index (χ1n) is 7.30. The van der Waals surface area contributed by atoms with Gasteiger partial charge in [0.15, 0.2) is 0 Å². The van der Waals surface area contributed by atoms with Crippen LogP contribution in [0.4, 0.5) is 11.4 Å². The molecule has 108 valence electrons. The molecule has 0 radical (unpaired) electrons. The summed E-state index contributed by atoms with van der Waals surface area (Å²) in [5, 5.41) is 14.3. The van der Waals surface area contributed by atoms with Crippen molar-refractivity contribution in [3.05, 3.63) is 33.9 Å². The van der Waals surface area contributed by atoms with Crippen LogP contribution in [-0.2, 0) is 0 Å². The zero-order valence-electron chi connectivity index (χ0n) is 12.0. The fourth-order valence-corrected chi connectivity index (χ4v) is 3.84. The Morgan fingerprint density at radius 2 is 1.95 bits per heavy atom. The molecular weight excluding hydrogens is 254 g/mol. The number of nitro benzene ring substituents is 1. The lowest BCUT2D eigenvalue weighted by Gasteiger charge is -2.40. The van der Waals surface area contributed by atoms with Gasteiger partial charge in [-0.15, -0.1) is 0 Å². The zero-order valence-corrected chi connectivity index (χ0v) is 12.0. The highest BCUT2D eigenvalue weighted by Gasteiger charge is 2.40. The Kier molecular flexibility index (Phi) is 3.38. The van der Waals surface area contributed by atoms with Crippen LogP contribution < -0.4 is 10.2 Å². The summed E-state index contributed by atoms with van der Waals surface area (Å²) in [6, 6.07) is 7.30. The summed E-state index contributed by atoms with van der Waals surface area (Å²) >= 11 is 0. The molecule has 0 spiro atoms. The van der Waals surface area contributed by atoms with Crippen molar-refractivity contribution in [3.8, 4) is 0 Å². The van der Waals surface area contributed by atoms with E-state index >= 15 is 0 Å². The third-order valence-corrected chi connectivity index (χ3v) is 4.82. The number of hydrogen-bond donors (Lipinski definition) is 1. The fraction of sp³-hybridized carbons (Fsp3) is 0.600. The van der Waals surface area contributed by atoms with Crippen molar-refractivity contribution in [1.29, 1.82) is 0 Å². The molecule has 20 heavy (non-hydrogen) atoms. The molecule has 2 unspecified atom stereocenters. The Morgan fingerprint density at radius 3 is 2.45 bits per heavy atom. The van der Waals surface area contributed by atoms with E-state index in [2.05, 4.69) is 10.2 Å². The van der Waals surface area contributed by atoms with E-state index in [9.17, 15) is 10.1 Å². The Morgan fingerprint density at radius 1 is 1.30 bits per heavy atom. The Balaban J connectivity index is 1.87. The molecule has 2 saturated heterocycles. The Labute approximate surface area is 119 Å². The van der Waals surface area contributed by atoms with Gasteiger partial charge in [-0.1, -0.05) is 0 Å². The Bertz CT molecular complexity index is 518. The first-order chi connectivity index (χ1) is 9.60. The second-order valence-electron chi connectivity index (χ2n) is 5.98. The summed E-state index contributed by atoms with van der Waals surface area (Å²) in [6.45, 7) is 1.82. The van der Waals surface area contributed by atoms with Crippen LogP contribution in [0.3, 0.4) is 0 Å². The Hall–Kier alpha value is -1.62. The molecule has 1 N–H and O–H groups in total. The molecule has 1 aromatic carbocycles. The van der Waals surface area contributed by atoms with Crippen molar-refractivity contribution in [2.75, 3.05) is 11.9 Å². The summed E-state index contributed by atoms with van der Waals surface area (Å²) < 4.78 is 0. The summed E-state index contributed by atoms with van der Waals surface area (Å²) in [6.07, 6.45) is 4.81. The first-order valence-corrected chi connectivity index (χ1v) is 7.30. The molecule has 2 atom stereocenters. The molecule has 0 saturated carbocycles. The van der Waals surface area contributed by atoms with Crippen LogP contribution in [0.2, 0.25) is 0 Å². The number of aryl methyl sites for hydroxylation is 1. The lowest BCUT2D eigenvalue weighted by molar-refractivity contribution is -0.385. The van der Waals surface area contributed by atoms with Gasteiger partial charge in [0.2, 0.25) is 0 Å². The normalized spacial score (nSPS) is 28.7. The topological polar surface area (TPSA) is 58.4 Å². The molecule has 2 aliphatic heterocycles. The lowest BCUT2D eigenvalue weighted by Crippen LogP contribution is -2.48. The maximum Gasteiger partial charge on any atom is 0.272 e. The standard InChI is InChI=1S/C15H21N3O2/c1-10-7-12(5-6-15(10)18(19)20)17-13-3-4-14(17)9-11(8-13)16-2/h5-7,11,13-14,16H,3-4,8-9H2,1-2H3. The molecule has 2 bridgehead atoms. The van der Waals surface area contributed by atoms with Crippen LogP contribution in [-0.4, -0.2) is 30.1 Å². The van der Waals surface area contributed by atoms with Crippen molar-refractivity contribution < 1.29 is 4.92 Å². The molecule has 0 amide bonds. The van der Waals surface area contributed by atoms with Crippen LogP contribution in [0.25, 0.3) is 0 Å². The fourth-order valence-electron chi connectivity index (χ4n) is 3.84. The zero-order chi connectivity index (χ0) is 14.3. The summed E-state index contributed by atoms with van der Waals surface area (Å²) in [5.41, 5.74) is 2.11. The van der Waals surface area contributed by atoms with E-state index in [1.54, 1.807) is 6.07 Å². The van der Waals surface area contributed by atoms with Gasteiger partial charge in [-0.05, 0) is 51.8 Å². The maximum atomic E-state index is 10.9. The van der Waals surface area contributed by atoms with Gasteiger partial charge in [0.25, 0.3) is 5.69 Å². The molecule has 5 nitrogen and oxygen atoms in total. The molecule has 5 heteroatoms. The minimum absolute atomic E-state index is 0.214. The van der Waals surface area contributed by atoms with Crippen molar-refractivity contribution >= 4 is 11.4 Å². The average molecular weight is 275 g/mol. The summed E-state index contributed by atoms with van der Waals surface area (Å²) in [7, 11) is 2.04. The molecule has 2 fully saturated rings. The van der Waals surface area contributed by atoms with Crippen molar-refractivity contribution in [2.45, 2.75) is 50.7 Å². The summed E-state index contributed by atoms with van der Waals surface area (Å²) in [4.78, 5) is 13.1. The van der Waals surface area contributed by atoms with Gasteiger partial charge in [-0.3, -0.25) is 10.1 Å². The minimum atomic E-state index is -0.305. The van der Waals surface area contributed by atoms with E-state index in [-0.39, 0.29) is 10.6 Å². The van der Waals surface area contributed by atoms with Gasteiger partial charge in [0.05, 0.1) is 4.92 Å². The number of rotatable bonds is 3. The number of piperidine rings is 1. The highest BCUT2D eigenvalue weighted by molar-refractivity contribution is 5.57. The highest BCUT2D eigenvalue weighted by atomic mass is 16.6. The third kappa shape index (κ3) is 2.16. The smallest absolute Gasteiger partial charge is 0.272 e. The number of benzene rings is 1. The number of nitrogens with zero attached hydrogens (tertiary/aromatic N) is 2. The molecule has 0 aromatic heterocycles. The third-order valence-electron chi connectivity index (χ3n) is 4.82. The second-order valence-corrected chi connectivity index (χ2v) is 5.98. The van der Waals surface area contributed by atoms with Crippen LogP contribution in [0.5, 0.6) is 0 Å². The van der Waals surface area contributed by atoms with Crippen molar-refractivity contribution in [3.63, 3.8) is 0 Å². The van der Waals surface area contributed by atoms with Crippen LogP contribution in [0, 0.1) is 17.0 Å². The van der Waals surface area contributed by atoms with Crippen LogP contribution in [0.1, 0.15) is 31.2 Å². The average Bonchev–Trinajstić information content (AvgIpc) is 2.68. The number of fused-ring (bicyclic) bond motifs is 2. The van der Waals surface area contributed by atoms with E-state index in [4.69, 9.17) is 0 Å². The molecule has 1 aromatic rings. The predicted molar refractivity (Wildman–Crippen MR) is 79.2 cm³/mol. The van der Waals surface area contributed by atoms with Crippen LogP contribution >= 0.6 is 0 Å². The highest BCUT2D eigenvalue weighted by Crippen LogP contribution is 2.40. The van der Waals surface area contributed by atoms with Gasteiger partial charge in [-0.2, -0.15) is 0 Å². The van der Waals surface area contributed by atoms with Crippen molar-refractivity contribution in [1.82, 2.24) is 5.32 Å². The maximum absolute atomic E-state index is 10.9. The van der Waals surface area contributed by atoms with E-state index in [0.29, 0.717) is 18.1 Å². The SMILES string of the molecule is CNC1CC2CCC(C1)N2c1ccc([N+](=O)[O-])c(C)c1. The quantitative estimate of drug-likeness (QED) is 0.680. The monoisotopic (exact) mass is 275 g/mol. The van der Waals surface area contributed by atoms with Gasteiger partial charge in [0.1, 0.15) is 0 Å². The number of anilines is 1. The second kappa shape index (κ2) is 5.05. The van der Waals surface area contributed by atoms with Gasteiger partial charge in [0, 0.05) is 35.4 Å². The number of hydrogen-bond acceptors (Lipinski definition) is 4. The lowest BCUT2D eigenvalue weighted by atomic mass is 9.96. The largest absolute Gasteiger partial charge is 0.365 e. The molecular formula is C15H21N3O2. The molecule has 2 aliphatic rings. The minimum Gasteiger partial charge on any atom is -0.365 e. The van der Waals surface area contributed by atoms with Crippen LogP contribution in [0.15, 0.2) is 18.2 Å². The van der Waals surface area contributed by atoms with Gasteiger partial charge >= 0.3 is 0 Å². The van der Waals surface area contributed by atoms with Gasteiger partial charge < -0.3 is 10.2 Å². The van der Waals surface area contributed by atoms with E-state index < -0.39 is 0 Å².